The van der Waals surface area contributed by atoms with Crippen LogP contribution in [0.2, 0.25) is 0 Å². The van der Waals surface area contributed by atoms with Crippen LogP contribution in [0.4, 0.5) is 8.78 Å². The van der Waals surface area contributed by atoms with Crippen molar-refractivity contribution in [3.63, 3.8) is 0 Å². The van der Waals surface area contributed by atoms with Gasteiger partial charge < -0.3 is 18.8 Å². The minimum absolute atomic E-state index is 0.00469. The molecule has 1 atom stereocenters. The molecule has 6 nitrogen and oxygen atoms in total. The zero-order valence-corrected chi connectivity index (χ0v) is 17.9. The van der Waals surface area contributed by atoms with Gasteiger partial charge in [-0.3, -0.25) is 4.79 Å². The number of amides is 1. The van der Waals surface area contributed by atoms with E-state index in [1.165, 1.54) is 12.3 Å². The summed E-state index contributed by atoms with van der Waals surface area (Å²) in [5.74, 6) is 0.140. The summed E-state index contributed by atoms with van der Waals surface area (Å²) >= 11 is 0. The Morgan fingerprint density at radius 3 is 2.69 bits per heavy atom. The molecule has 2 aromatic carbocycles. The number of methoxy groups -OCH3 is 2. The number of benzene rings is 2. The minimum Gasteiger partial charge on any atom is -0.497 e. The fraction of sp³-hybridized carbons (Fsp3) is 0.333. The van der Waals surface area contributed by atoms with Gasteiger partial charge in [-0.25, -0.2) is 13.8 Å². The average molecular weight is 442 g/mol. The maximum absolute atomic E-state index is 14.0. The number of rotatable bonds is 7. The predicted molar refractivity (Wildman–Crippen MR) is 113 cm³/mol. The maximum atomic E-state index is 14.0. The Labute approximate surface area is 184 Å². The quantitative estimate of drug-likeness (QED) is 0.519. The number of hydrogen-bond acceptors (Lipinski definition) is 5. The predicted octanol–water partition coefficient (Wildman–Crippen LogP) is 4.93. The lowest BCUT2D eigenvalue weighted by molar-refractivity contribution is -0.132. The largest absolute Gasteiger partial charge is 0.497 e. The third-order valence-electron chi connectivity index (χ3n) is 5.69. The van der Waals surface area contributed by atoms with E-state index in [1.807, 2.05) is 23.1 Å². The van der Waals surface area contributed by atoms with E-state index < -0.39 is 11.6 Å². The normalized spacial score (nSPS) is 15.8. The highest BCUT2D eigenvalue weighted by atomic mass is 19.1. The van der Waals surface area contributed by atoms with Crippen LogP contribution in [0, 0.1) is 11.6 Å². The number of carbonyl (C=O) groups excluding carboxylic acids is 1. The first-order chi connectivity index (χ1) is 15.5. The van der Waals surface area contributed by atoms with Crippen LogP contribution in [-0.2, 0) is 11.2 Å². The summed E-state index contributed by atoms with van der Waals surface area (Å²) in [7, 11) is 3.19. The van der Waals surface area contributed by atoms with Gasteiger partial charge in [-0.2, -0.15) is 0 Å². The van der Waals surface area contributed by atoms with Gasteiger partial charge in [0.25, 0.3) is 0 Å². The van der Waals surface area contributed by atoms with Gasteiger partial charge in [0.2, 0.25) is 5.91 Å². The fourth-order valence-corrected chi connectivity index (χ4v) is 4.11. The van der Waals surface area contributed by atoms with E-state index in [-0.39, 0.29) is 42.0 Å². The van der Waals surface area contributed by atoms with Crippen molar-refractivity contribution in [1.29, 1.82) is 0 Å². The zero-order chi connectivity index (χ0) is 22.7. The second-order valence-electron chi connectivity index (χ2n) is 7.57. The molecule has 0 saturated carbocycles. The van der Waals surface area contributed by atoms with Gasteiger partial charge in [0.1, 0.15) is 23.1 Å². The number of likely N-dealkylation sites (tertiary alicyclic amines) is 1. The van der Waals surface area contributed by atoms with E-state index in [9.17, 15) is 13.6 Å². The van der Waals surface area contributed by atoms with Crippen LogP contribution in [0.5, 0.6) is 11.5 Å². The highest BCUT2D eigenvalue weighted by Gasteiger charge is 2.32. The Morgan fingerprint density at radius 2 is 1.97 bits per heavy atom. The van der Waals surface area contributed by atoms with Crippen LogP contribution in [0.15, 0.2) is 47.0 Å². The molecule has 0 spiro atoms. The van der Waals surface area contributed by atoms with Crippen molar-refractivity contribution in [2.75, 3.05) is 20.8 Å². The van der Waals surface area contributed by atoms with Crippen molar-refractivity contribution in [1.82, 2.24) is 9.88 Å². The Bertz CT molecular complexity index is 1090. The molecule has 1 amide bonds. The maximum Gasteiger partial charge on any atom is 0.223 e. The molecule has 4 rings (SSSR count). The Hall–Kier alpha value is -3.42. The van der Waals surface area contributed by atoms with E-state index >= 15 is 0 Å². The summed E-state index contributed by atoms with van der Waals surface area (Å²) in [5, 5.41) is 0. The summed E-state index contributed by atoms with van der Waals surface area (Å²) in [6.07, 6.45) is 3.42. The first-order valence-electron chi connectivity index (χ1n) is 10.4. The van der Waals surface area contributed by atoms with Gasteiger partial charge >= 0.3 is 0 Å². The molecule has 1 aliphatic rings. The summed E-state index contributed by atoms with van der Waals surface area (Å²) in [4.78, 5) is 18.9. The first kappa shape index (κ1) is 21.8. The van der Waals surface area contributed by atoms with Crippen LogP contribution in [0.25, 0.3) is 11.3 Å². The Kier molecular flexibility index (Phi) is 6.39. The Balaban J connectivity index is 1.45. The van der Waals surface area contributed by atoms with Crippen molar-refractivity contribution in [2.24, 2.45) is 0 Å². The fourth-order valence-electron chi connectivity index (χ4n) is 4.11. The molecule has 32 heavy (non-hydrogen) atoms. The lowest BCUT2D eigenvalue weighted by Gasteiger charge is -2.26. The van der Waals surface area contributed by atoms with Crippen molar-refractivity contribution in [2.45, 2.75) is 31.7 Å². The van der Waals surface area contributed by atoms with Crippen molar-refractivity contribution in [3.8, 4) is 22.8 Å². The number of aromatic nitrogens is 1. The van der Waals surface area contributed by atoms with Gasteiger partial charge in [-0.1, -0.05) is 6.07 Å². The SMILES string of the molecule is COc1ccc(C2CCCN2C(=O)CCc2ncc(-c3c(F)cccc3F)o2)c(OC)c1. The molecule has 0 N–H and O–H groups in total. The third-order valence-corrected chi connectivity index (χ3v) is 5.69. The average Bonchev–Trinajstić information content (AvgIpc) is 3.47. The number of halogens is 2. The lowest BCUT2D eigenvalue weighted by Crippen LogP contribution is -2.31. The zero-order valence-electron chi connectivity index (χ0n) is 17.9. The second-order valence-corrected chi connectivity index (χ2v) is 7.57. The number of ether oxygens (including phenoxy) is 2. The number of carbonyl (C=O) groups is 1. The van der Waals surface area contributed by atoms with Gasteiger partial charge in [-0.05, 0) is 37.1 Å². The van der Waals surface area contributed by atoms with Crippen molar-refractivity contribution < 1.29 is 27.5 Å². The lowest BCUT2D eigenvalue weighted by atomic mass is 10.0. The molecular formula is C24H24F2N2O4. The van der Waals surface area contributed by atoms with Crippen LogP contribution in [-0.4, -0.2) is 36.6 Å². The summed E-state index contributed by atoms with van der Waals surface area (Å²) < 4.78 is 44.2. The smallest absolute Gasteiger partial charge is 0.223 e. The van der Waals surface area contributed by atoms with Gasteiger partial charge in [0.15, 0.2) is 11.7 Å². The molecule has 1 unspecified atom stereocenters. The van der Waals surface area contributed by atoms with Gasteiger partial charge in [-0.15, -0.1) is 0 Å². The molecular weight excluding hydrogens is 418 g/mol. The minimum atomic E-state index is -0.725. The monoisotopic (exact) mass is 442 g/mol. The number of aryl methyl sites for hydroxylation is 1. The first-order valence-corrected chi connectivity index (χ1v) is 10.4. The van der Waals surface area contributed by atoms with Crippen LogP contribution >= 0.6 is 0 Å². The van der Waals surface area contributed by atoms with Gasteiger partial charge in [0.05, 0.1) is 32.0 Å². The highest BCUT2D eigenvalue weighted by Crippen LogP contribution is 2.39. The second kappa shape index (κ2) is 9.38. The molecule has 168 valence electrons. The van der Waals surface area contributed by atoms with Gasteiger partial charge in [0, 0.05) is 31.0 Å². The van der Waals surface area contributed by atoms with Crippen LogP contribution < -0.4 is 9.47 Å². The van der Waals surface area contributed by atoms with Crippen LogP contribution in [0.3, 0.4) is 0 Å². The van der Waals surface area contributed by atoms with Crippen molar-refractivity contribution >= 4 is 5.91 Å². The molecule has 1 aromatic heterocycles. The number of hydrogen-bond donors (Lipinski definition) is 0. The molecule has 0 bridgehead atoms. The topological polar surface area (TPSA) is 64.8 Å². The van der Waals surface area contributed by atoms with E-state index in [1.54, 1.807) is 14.2 Å². The summed E-state index contributed by atoms with van der Waals surface area (Å²) in [6, 6.07) is 9.11. The number of oxazole rings is 1. The molecule has 1 aliphatic heterocycles. The molecule has 8 heteroatoms. The Morgan fingerprint density at radius 1 is 1.19 bits per heavy atom. The molecule has 0 radical (unpaired) electrons. The molecule has 3 aromatic rings. The van der Waals surface area contributed by atoms with E-state index in [0.29, 0.717) is 18.0 Å². The highest BCUT2D eigenvalue weighted by molar-refractivity contribution is 5.77. The molecule has 0 aliphatic carbocycles. The van der Waals surface area contributed by atoms with E-state index in [4.69, 9.17) is 13.9 Å². The van der Waals surface area contributed by atoms with Crippen LogP contribution in [0.1, 0.15) is 36.8 Å². The summed E-state index contributed by atoms with van der Waals surface area (Å²) in [6.45, 7) is 0.649. The van der Waals surface area contributed by atoms with E-state index in [2.05, 4.69) is 4.98 Å². The number of nitrogens with zero attached hydrogens (tertiary/aromatic N) is 2. The third kappa shape index (κ3) is 4.30. The summed E-state index contributed by atoms with van der Waals surface area (Å²) in [5.41, 5.74) is 0.677. The van der Waals surface area contributed by atoms with E-state index in [0.717, 1.165) is 30.5 Å². The molecule has 1 fully saturated rings. The molecule has 1 saturated heterocycles. The van der Waals surface area contributed by atoms with Crippen molar-refractivity contribution in [3.05, 3.63) is 65.7 Å². The standard InChI is InChI=1S/C24H24F2N2O4/c1-30-15-8-9-16(20(13-15)31-2)19-7-4-12-28(19)23(29)11-10-22-27-14-21(32-22)24-17(25)5-3-6-18(24)26/h3,5-6,8-9,13-14,19H,4,7,10-12H2,1-2H3. The molecule has 2 heterocycles.